The average molecular weight is 327 g/mol. The molecule has 0 amide bonds. The number of benzene rings is 1. The minimum atomic E-state index is -1.96. The van der Waals surface area contributed by atoms with Crippen LogP contribution >= 0.6 is 27.5 Å². The van der Waals surface area contributed by atoms with Gasteiger partial charge >= 0.3 is 0 Å². The van der Waals surface area contributed by atoms with Crippen molar-refractivity contribution in [1.82, 2.24) is 0 Å². The minimum Gasteiger partial charge on any atom is -0.327 e. The largest absolute Gasteiger partial charge is 0.327 e. The van der Waals surface area contributed by atoms with Gasteiger partial charge in [-0.15, -0.1) is 0 Å². The molecule has 0 aliphatic rings. The van der Waals surface area contributed by atoms with Crippen LogP contribution in [0, 0.1) is 11.2 Å². The molecule has 2 N–H and O–H groups in total. The molecule has 0 heterocycles. The molecule has 0 radical (unpaired) electrons. The number of alkyl halides is 1. The second kappa shape index (κ2) is 4.82. The molecule has 0 aromatic heterocycles. The van der Waals surface area contributed by atoms with Crippen LogP contribution in [0.25, 0.3) is 0 Å². The van der Waals surface area contributed by atoms with Crippen LogP contribution in [0.3, 0.4) is 0 Å². The first kappa shape index (κ1) is 14.9. The quantitative estimate of drug-likeness (QED) is 0.800. The molecule has 0 spiro atoms. The van der Waals surface area contributed by atoms with Gasteiger partial charge in [-0.3, -0.25) is 0 Å². The molecule has 5 heteroatoms. The summed E-state index contributed by atoms with van der Waals surface area (Å²) in [7, 11) is 0. The highest BCUT2D eigenvalue weighted by Gasteiger charge is 2.45. The fraction of sp³-hybridized carbons (Fsp3) is 0.500. The maximum atomic E-state index is 14.9. The molecule has 0 aliphatic heterocycles. The van der Waals surface area contributed by atoms with Crippen LogP contribution in [-0.2, 0) is 5.67 Å². The molecule has 1 nitrogen and oxygen atoms in total. The van der Waals surface area contributed by atoms with Crippen LogP contribution in [0.4, 0.5) is 8.78 Å². The molecule has 1 aromatic rings. The van der Waals surface area contributed by atoms with Crippen molar-refractivity contribution in [3.63, 3.8) is 0 Å². The molecule has 1 atom stereocenters. The van der Waals surface area contributed by atoms with E-state index >= 15 is 0 Å². The first-order valence-corrected chi connectivity index (χ1v) is 6.35. The molecular formula is C12H15BrClF2N. The van der Waals surface area contributed by atoms with E-state index in [0.717, 1.165) is 0 Å². The van der Waals surface area contributed by atoms with E-state index in [-0.39, 0.29) is 17.1 Å². The maximum absolute atomic E-state index is 14.9. The third-order valence-electron chi connectivity index (χ3n) is 2.93. The topological polar surface area (TPSA) is 26.0 Å². The van der Waals surface area contributed by atoms with Crippen molar-refractivity contribution in [2.24, 2.45) is 11.1 Å². The lowest BCUT2D eigenvalue weighted by Gasteiger charge is -2.37. The van der Waals surface area contributed by atoms with Crippen molar-refractivity contribution in [3.05, 3.63) is 33.0 Å². The Balaban J connectivity index is 3.47. The van der Waals surface area contributed by atoms with Gasteiger partial charge in [-0.25, -0.2) is 8.78 Å². The summed E-state index contributed by atoms with van der Waals surface area (Å²) in [5.41, 5.74) is 2.61. The smallest absolute Gasteiger partial charge is 0.155 e. The zero-order valence-electron chi connectivity index (χ0n) is 9.95. The second-order valence-electron chi connectivity index (χ2n) is 4.98. The number of rotatable bonds is 2. The molecule has 17 heavy (non-hydrogen) atoms. The van der Waals surface area contributed by atoms with Gasteiger partial charge in [-0.05, 0) is 22.0 Å². The Morgan fingerprint density at radius 1 is 1.35 bits per heavy atom. The van der Waals surface area contributed by atoms with E-state index in [2.05, 4.69) is 15.9 Å². The van der Waals surface area contributed by atoms with Gasteiger partial charge in [0.2, 0.25) is 0 Å². The van der Waals surface area contributed by atoms with Gasteiger partial charge in [0, 0.05) is 22.0 Å². The van der Waals surface area contributed by atoms with Crippen LogP contribution in [0.1, 0.15) is 26.3 Å². The van der Waals surface area contributed by atoms with Gasteiger partial charge in [-0.1, -0.05) is 38.4 Å². The molecular weight excluding hydrogens is 311 g/mol. The lowest BCUT2D eigenvalue weighted by Crippen LogP contribution is -2.43. The predicted molar refractivity (Wildman–Crippen MR) is 70.4 cm³/mol. The van der Waals surface area contributed by atoms with Crippen molar-refractivity contribution >= 4 is 27.5 Å². The highest BCUT2D eigenvalue weighted by atomic mass is 79.9. The number of nitrogens with two attached hydrogens (primary N) is 1. The van der Waals surface area contributed by atoms with Crippen LogP contribution in [-0.4, -0.2) is 6.54 Å². The van der Waals surface area contributed by atoms with E-state index in [1.165, 1.54) is 12.1 Å². The summed E-state index contributed by atoms with van der Waals surface area (Å²) < 4.78 is 29.3. The predicted octanol–water partition coefficient (Wildman–Crippen LogP) is 4.41. The van der Waals surface area contributed by atoms with Crippen LogP contribution in [0.5, 0.6) is 0 Å². The molecule has 1 unspecified atom stereocenters. The highest BCUT2D eigenvalue weighted by molar-refractivity contribution is 9.10. The van der Waals surface area contributed by atoms with Crippen LogP contribution in [0.15, 0.2) is 16.6 Å². The van der Waals surface area contributed by atoms with E-state index in [1.54, 1.807) is 20.8 Å². The number of hydrogen-bond acceptors (Lipinski definition) is 1. The standard InChI is InChI=1S/C12H15BrClF2N/c1-11(2,3)12(16,6-17)7-4-5-8(13)9(14)10(7)15/h4-5H,6,17H2,1-3H3. The maximum Gasteiger partial charge on any atom is 0.155 e. The monoisotopic (exact) mass is 325 g/mol. The molecule has 0 bridgehead atoms. The fourth-order valence-corrected chi connectivity index (χ4v) is 2.12. The highest BCUT2D eigenvalue weighted by Crippen LogP contribution is 2.45. The van der Waals surface area contributed by atoms with E-state index in [1.807, 2.05) is 0 Å². The summed E-state index contributed by atoms with van der Waals surface area (Å²) in [6.07, 6.45) is 0. The zero-order chi connectivity index (χ0) is 13.4. The molecule has 0 saturated heterocycles. The first-order valence-electron chi connectivity index (χ1n) is 5.18. The average Bonchev–Trinajstić information content (AvgIpc) is 2.23. The number of hydrogen-bond donors (Lipinski definition) is 1. The van der Waals surface area contributed by atoms with Crippen molar-refractivity contribution in [1.29, 1.82) is 0 Å². The number of halogens is 4. The summed E-state index contributed by atoms with van der Waals surface area (Å²) in [6.45, 7) is 4.73. The third-order valence-corrected chi connectivity index (χ3v) is 4.19. The first-order chi connectivity index (χ1) is 7.65. The Bertz CT molecular complexity index is 431. The summed E-state index contributed by atoms with van der Waals surface area (Å²) in [4.78, 5) is 0. The molecule has 0 saturated carbocycles. The van der Waals surface area contributed by atoms with Crippen molar-refractivity contribution in [2.75, 3.05) is 6.54 Å². The van der Waals surface area contributed by atoms with E-state index in [9.17, 15) is 8.78 Å². The lowest BCUT2D eigenvalue weighted by molar-refractivity contribution is 0.0307. The second-order valence-corrected chi connectivity index (χ2v) is 6.21. The van der Waals surface area contributed by atoms with Crippen LogP contribution in [0.2, 0.25) is 5.02 Å². The van der Waals surface area contributed by atoms with E-state index < -0.39 is 16.9 Å². The summed E-state index contributed by atoms with van der Waals surface area (Å²) in [5, 5.41) is -0.123. The Hall–Kier alpha value is -0.190. The SMILES string of the molecule is CC(C)(C)C(F)(CN)c1ccc(Br)c(Cl)c1F. The molecule has 1 aromatic carbocycles. The molecule has 0 fully saturated rings. The van der Waals surface area contributed by atoms with Gasteiger partial charge in [-0.2, -0.15) is 0 Å². The van der Waals surface area contributed by atoms with Gasteiger partial charge in [0.25, 0.3) is 0 Å². The van der Waals surface area contributed by atoms with E-state index in [4.69, 9.17) is 17.3 Å². The Labute approximate surface area is 113 Å². The van der Waals surface area contributed by atoms with Gasteiger partial charge in [0.05, 0.1) is 5.02 Å². The summed E-state index contributed by atoms with van der Waals surface area (Å²) in [5.74, 6) is -0.760. The Kier molecular flexibility index (Phi) is 4.22. The minimum absolute atomic E-state index is 0.0966. The van der Waals surface area contributed by atoms with Crippen molar-refractivity contribution in [3.8, 4) is 0 Å². The Morgan fingerprint density at radius 2 is 1.88 bits per heavy atom. The van der Waals surface area contributed by atoms with Crippen molar-refractivity contribution in [2.45, 2.75) is 26.4 Å². The molecule has 1 rings (SSSR count). The summed E-state index contributed by atoms with van der Waals surface area (Å²) in [6, 6.07) is 2.90. The van der Waals surface area contributed by atoms with Gasteiger partial charge in [0.15, 0.2) is 5.67 Å². The fourth-order valence-electron chi connectivity index (χ4n) is 1.65. The molecule has 96 valence electrons. The summed E-state index contributed by atoms with van der Waals surface area (Å²) >= 11 is 8.86. The van der Waals surface area contributed by atoms with Gasteiger partial charge < -0.3 is 5.73 Å². The third kappa shape index (κ3) is 2.49. The normalized spacial score (nSPS) is 15.8. The zero-order valence-corrected chi connectivity index (χ0v) is 12.3. The van der Waals surface area contributed by atoms with E-state index in [0.29, 0.717) is 4.47 Å². The van der Waals surface area contributed by atoms with Gasteiger partial charge in [0.1, 0.15) is 5.82 Å². The Morgan fingerprint density at radius 3 is 2.29 bits per heavy atom. The molecule has 0 aliphatic carbocycles. The van der Waals surface area contributed by atoms with Crippen LogP contribution < -0.4 is 5.73 Å². The lowest BCUT2D eigenvalue weighted by atomic mass is 9.73. The van der Waals surface area contributed by atoms with Crippen molar-refractivity contribution < 1.29 is 8.78 Å².